The van der Waals surface area contributed by atoms with Crippen LogP contribution in [0.2, 0.25) is 20.1 Å². The topological polar surface area (TPSA) is 192 Å². The minimum absolute atomic E-state index is 0.0114. The van der Waals surface area contributed by atoms with E-state index in [1.165, 1.54) is 45.0 Å². The lowest BCUT2D eigenvalue weighted by molar-refractivity contribution is -0.339. The van der Waals surface area contributed by atoms with Crippen LogP contribution in [-0.2, 0) is 37.4 Å². The molecule has 6 aliphatic rings. The average molecular weight is 1850 g/mol. The highest BCUT2D eigenvalue weighted by Gasteiger charge is 2.74. The normalized spacial score (nSPS) is 18.9. The Labute approximate surface area is 737 Å². The summed E-state index contributed by atoms with van der Waals surface area (Å²) in [5.41, 5.74) is -11.0. The van der Waals surface area contributed by atoms with E-state index < -0.39 is 87.4 Å². The molecule has 0 radical (unpaired) electrons. The number of anilines is 3. The molecule has 0 aliphatic carbocycles. The lowest BCUT2D eigenvalue weighted by Gasteiger charge is -2.42. The number of likely N-dealkylation sites (tertiary alicyclic amines) is 3. The lowest BCUT2D eigenvalue weighted by Crippen LogP contribution is -2.63. The molecule has 684 valence electrons. The van der Waals surface area contributed by atoms with Crippen molar-refractivity contribution in [2.45, 2.75) is 144 Å². The summed E-state index contributed by atoms with van der Waals surface area (Å²) in [6.45, 7) is 5.16. The van der Waals surface area contributed by atoms with Crippen LogP contribution in [-0.4, -0.2) is 225 Å². The maximum Gasteiger partial charge on any atom is 0.457 e. The van der Waals surface area contributed by atoms with Crippen molar-refractivity contribution in [2.75, 3.05) is 136 Å². The van der Waals surface area contributed by atoms with E-state index in [1.807, 2.05) is 24.3 Å². The summed E-state index contributed by atoms with van der Waals surface area (Å²) in [4.78, 5) is 90.1. The number of rotatable bonds is 19. The van der Waals surface area contributed by atoms with Crippen molar-refractivity contribution in [2.24, 2.45) is 35.5 Å². The van der Waals surface area contributed by atoms with Gasteiger partial charge in [-0.1, -0.05) is 101 Å². The van der Waals surface area contributed by atoms with Crippen LogP contribution in [0.5, 0.6) is 0 Å². The van der Waals surface area contributed by atoms with Gasteiger partial charge in [-0.2, -0.15) is 61.5 Å². The Morgan fingerprint density at radius 3 is 0.848 bits per heavy atom. The summed E-state index contributed by atoms with van der Waals surface area (Å²) in [7, 11) is 10.0. The molecule has 6 saturated heterocycles. The summed E-state index contributed by atoms with van der Waals surface area (Å²) in [6, 6.07) is 28.5. The molecule has 2 unspecified atom stereocenters. The van der Waals surface area contributed by atoms with Crippen LogP contribution < -0.4 is 14.7 Å². The Morgan fingerprint density at radius 1 is 0.320 bits per heavy atom. The van der Waals surface area contributed by atoms with Gasteiger partial charge in [0.25, 0.3) is 46.6 Å². The standard InChI is InChI=1S/C30H34ClF6N3O3.C30H35ClF5N3O3.C29H34Cl2F3N3O3/c1-38(2)26(41)24-8-7-23(18-25(24)31)39-13-9-19(10-14-39)17-20-11-15-40(16-12-20)27(42)28(43,30(35,36)37)21-3-5-22(6-4-21)29(32,33)34;1-37(2)26(40)24-9-8-23(19-25(24)31)38-14-10-20(11-15-38)18-21-12-16-39(17-13-21)27(41)28(42,22-6-4-3-5-7-22)29(32,33)30(34,35)36;1-35(2)26(38)24-7-6-23(18-25(24)31)36-12-8-19(9-13-36)16-20-10-14-37(15-11-20)27(39)28(40,29(32,33)34)21-4-3-5-22(30)17-21/h3-8,18-20,43H,9-17H2,1-2H3;3-9,19-21,42H,10-18H2,1-2H3;3-7,17-20,40H,8-16H2,1-2H3/t;28-;/m.1./s1. The molecule has 0 saturated carbocycles. The molecule has 125 heavy (non-hydrogen) atoms. The zero-order valence-electron chi connectivity index (χ0n) is 69.9. The molecule has 6 aromatic carbocycles. The number of piperidine rings is 6. The predicted molar refractivity (Wildman–Crippen MR) is 449 cm³/mol. The molecule has 6 amide bonds. The number of amides is 6. The highest BCUT2D eigenvalue weighted by Crippen LogP contribution is 2.51. The molecular formula is C89H103Cl4F14N9O9. The quantitative estimate of drug-likeness (QED) is 0.0651. The van der Waals surface area contributed by atoms with Crippen molar-refractivity contribution in [3.05, 3.63) is 192 Å². The van der Waals surface area contributed by atoms with Gasteiger partial charge >= 0.3 is 30.6 Å². The first-order chi connectivity index (χ1) is 58.5. The summed E-state index contributed by atoms with van der Waals surface area (Å²) >= 11 is 25.0. The Morgan fingerprint density at radius 2 is 0.584 bits per heavy atom. The number of aliphatic hydroxyl groups is 3. The van der Waals surface area contributed by atoms with E-state index in [0.717, 1.165) is 153 Å². The summed E-state index contributed by atoms with van der Waals surface area (Å²) in [6.07, 6.45) is -10.3. The Kier molecular flexibility index (Phi) is 32.0. The number of nitrogens with zero attached hydrogens (tertiary/aromatic N) is 9. The molecule has 18 nitrogen and oxygen atoms in total. The molecule has 0 spiro atoms. The van der Waals surface area contributed by atoms with Crippen molar-refractivity contribution in [3.8, 4) is 0 Å². The largest absolute Gasteiger partial charge is 0.457 e. The second-order valence-corrected chi connectivity index (χ2v) is 35.6. The zero-order chi connectivity index (χ0) is 91.9. The summed E-state index contributed by atoms with van der Waals surface area (Å²) in [5, 5.41) is 33.3. The third kappa shape index (κ3) is 22.7. The molecule has 36 heteroatoms. The number of hydrogen-bond acceptors (Lipinski definition) is 12. The van der Waals surface area contributed by atoms with Gasteiger partial charge in [0, 0.05) is 154 Å². The minimum atomic E-state index is -6.13. The van der Waals surface area contributed by atoms with Crippen LogP contribution >= 0.6 is 46.4 Å². The predicted octanol–water partition coefficient (Wildman–Crippen LogP) is 18.3. The van der Waals surface area contributed by atoms with Crippen molar-refractivity contribution in [1.82, 2.24) is 29.4 Å². The average Bonchev–Trinajstić information content (AvgIpc) is 0.727. The van der Waals surface area contributed by atoms with E-state index in [2.05, 4.69) is 14.7 Å². The molecule has 6 heterocycles. The van der Waals surface area contributed by atoms with Crippen LogP contribution in [0.1, 0.15) is 150 Å². The highest BCUT2D eigenvalue weighted by atomic mass is 35.5. The van der Waals surface area contributed by atoms with E-state index in [0.29, 0.717) is 118 Å². The zero-order valence-corrected chi connectivity index (χ0v) is 72.9. The third-order valence-corrected chi connectivity index (χ3v) is 26.2. The first kappa shape index (κ1) is 98.8. The molecule has 6 aromatic rings. The van der Waals surface area contributed by atoms with E-state index in [1.54, 1.807) is 72.6 Å². The minimum Gasteiger partial charge on any atom is -0.371 e. The van der Waals surface area contributed by atoms with Gasteiger partial charge in [-0.3, -0.25) is 28.8 Å². The van der Waals surface area contributed by atoms with Crippen LogP contribution in [0.15, 0.2) is 133 Å². The molecule has 12 rings (SSSR count). The van der Waals surface area contributed by atoms with Crippen LogP contribution in [0.25, 0.3) is 0 Å². The molecule has 0 aromatic heterocycles. The van der Waals surface area contributed by atoms with Gasteiger partial charge in [0.2, 0.25) is 5.60 Å². The van der Waals surface area contributed by atoms with Crippen LogP contribution in [0.4, 0.5) is 78.5 Å². The summed E-state index contributed by atoms with van der Waals surface area (Å²) in [5.74, 6) is -8.80. The number of halogens is 18. The molecule has 3 N–H and O–H groups in total. The van der Waals surface area contributed by atoms with Gasteiger partial charge in [0.1, 0.15) is 0 Å². The van der Waals surface area contributed by atoms with E-state index in [-0.39, 0.29) is 73.8 Å². The summed E-state index contributed by atoms with van der Waals surface area (Å²) < 4.78 is 192. The van der Waals surface area contributed by atoms with Crippen molar-refractivity contribution in [1.29, 1.82) is 0 Å². The van der Waals surface area contributed by atoms with Gasteiger partial charge in [0.15, 0.2) is 0 Å². The van der Waals surface area contributed by atoms with E-state index >= 15 is 0 Å². The van der Waals surface area contributed by atoms with Gasteiger partial charge in [-0.25, -0.2) is 0 Å². The van der Waals surface area contributed by atoms with Gasteiger partial charge in [0.05, 0.1) is 37.3 Å². The second-order valence-electron chi connectivity index (χ2n) is 33.9. The second kappa shape index (κ2) is 40.5. The lowest BCUT2D eigenvalue weighted by atomic mass is 9.81. The third-order valence-electron chi connectivity index (χ3n) is 25.0. The van der Waals surface area contributed by atoms with E-state index in [9.17, 15) is 106 Å². The van der Waals surface area contributed by atoms with Crippen molar-refractivity contribution in [3.63, 3.8) is 0 Å². The fourth-order valence-corrected chi connectivity index (χ4v) is 18.6. The maximum atomic E-state index is 14.7. The molecule has 6 aliphatic heterocycles. The number of benzene rings is 6. The Hall–Kier alpha value is -8.40. The fourth-order valence-electron chi connectivity index (χ4n) is 17.6. The number of carbonyl (C=O) groups excluding carboxylic acids is 6. The first-order valence-electron chi connectivity index (χ1n) is 41.4. The fraction of sp³-hybridized carbons (Fsp3) is 0.528. The maximum absolute atomic E-state index is 14.7. The van der Waals surface area contributed by atoms with Crippen LogP contribution in [0, 0.1) is 35.5 Å². The van der Waals surface area contributed by atoms with Crippen molar-refractivity contribution < 1.29 is 106 Å². The molecule has 0 bridgehead atoms. The Balaban J connectivity index is 0.000000196. The number of alkyl halides is 14. The smallest absolute Gasteiger partial charge is 0.371 e. The van der Waals surface area contributed by atoms with E-state index in [4.69, 9.17) is 46.4 Å². The number of carbonyl (C=O) groups is 6. The van der Waals surface area contributed by atoms with Gasteiger partial charge < -0.3 is 59.4 Å². The molecular weight excluding hydrogens is 1750 g/mol. The highest BCUT2D eigenvalue weighted by molar-refractivity contribution is 6.35. The molecule has 6 fully saturated rings. The van der Waals surface area contributed by atoms with Crippen molar-refractivity contribution >= 4 is 98.9 Å². The SMILES string of the molecule is CN(C)C(=O)c1ccc(N2CCC(CC3CCN(C(=O)C(O)(c4ccc(C(F)(F)F)cc4)C(F)(F)F)CC3)CC2)cc1Cl.CN(C)C(=O)c1ccc(N2CCC(CC3CCN(C(=O)C(O)(c4cccc(Cl)c4)C(F)(F)F)CC3)CC2)cc1Cl.CN(C)C(=O)c1ccc(N2CCC(CC3CCN(C(=O)[C@](O)(c4ccccc4)C(F)(F)C(F)(F)F)CC3)CC2)cc1Cl. The van der Waals surface area contributed by atoms with Gasteiger partial charge in [-0.05, 0) is 216 Å². The molecule has 3 atom stereocenters. The Bertz CT molecular complexity index is 4720. The monoisotopic (exact) mass is 1850 g/mol. The van der Waals surface area contributed by atoms with Gasteiger partial charge in [-0.15, -0.1) is 0 Å². The van der Waals surface area contributed by atoms with Crippen LogP contribution in [0.3, 0.4) is 0 Å². The first-order valence-corrected chi connectivity index (χ1v) is 42.9. The number of hydrogen-bond donors (Lipinski definition) is 3.